The van der Waals surface area contributed by atoms with Crippen LogP contribution in [-0.2, 0) is 10.7 Å². The fraction of sp³-hybridized carbons (Fsp3) is 0.621. The number of carbonyl (C=O) groups excluding carboxylic acids is 1. The van der Waals surface area contributed by atoms with Crippen LogP contribution >= 0.6 is 0 Å². The standard InChI is InChI=1S/C29H40F2N2O2/c1-5-6-7-27(34)22(2)20-24-10-8-23(9-11-24)14-15-32-16-18-33(19-17-32)26-21-25(29(3,30)31)12-13-28(26)35-4/h12-13,21,23-24H,2,7-11,14-20H2,1,3-4H3. The van der Waals surface area contributed by atoms with E-state index in [9.17, 15) is 13.6 Å². The average Bonchev–Trinajstić information content (AvgIpc) is 2.86. The van der Waals surface area contributed by atoms with Crippen molar-refractivity contribution in [1.29, 1.82) is 0 Å². The van der Waals surface area contributed by atoms with Crippen molar-refractivity contribution in [3.05, 3.63) is 35.9 Å². The number of piperazine rings is 1. The maximum atomic E-state index is 13.9. The quantitative estimate of drug-likeness (QED) is 0.298. The second-order valence-electron chi connectivity index (χ2n) is 10.1. The van der Waals surface area contributed by atoms with Gasteiger partial charge < -0.3 is 9.64 Å². The summed E-state index contributed by atoms with van der Waals surface area (Å²) in [7, 11) is 1.59. The minimum Gasteiger partial charge on any atom is -0.495 e. The lowest BCUT2D eigenvalue weighted by Gasteiger charge is -2.38. The summed E-state index contributed by atoms with van der Waals surface area (Å²) in [5, 5.41) is 0. The molecular formula is C29H40F2N2O2. The number of carbonyl (C=O) groups is 1. The van der Waals surface area contributed by atoms with Gasteiger partial charge in [-0.05, 0) is 74.8 Å². The first kappa shape index (κ1) is 27.2. The molecule has 0 aromatic heterocycles. The maximum absolute atomic E-state index is 13.9. The maximum Gasteiger partial charge on any atom is 0.270 e. The SMILES string of the molecule is C=C(CC1CCC(CCN2CCN(c3cc(C(C)(F)F)ccc3OC)CC2)CC1)C(=O)CC#CC. The lowest BCUT2D eigenvalue weighted by molar-refractivity contribution is -0.114. The summed E-state index contributed by atoms with van der Waals surface area (Å²) >= 11 is 0. The molecular weight excluding hydrogens is 446 g/mol. The van der Waals surface area contributed by atoms with Gasteiger partial charge in [0, 0.05) is 38.7 Å². The van der Waals surface area contributed by atoms with Crippen LogP contribution < -0.4 is 9.64 Å². The first-order valence-corrected chi connectivity index (χ1v) is 12.9. The third-order valence-corrected chi connectivity index (χ3v) is 7.57. The molecule has 0 atom stereocenters. The smallest absolute Gasteiger partial charge is 0.270 e. The van der Waals surface area contributed by atoms with Crippen LogP contribution in [-0.4, -0.2) is 50.5 Å². The normalized spacial score (nSPS) is 21.2. The Morgan fingerprint density at radius 1 is 1.14 bits per heavy atom. The fourth-order valence-corrected chi connectivity index (χ4v) is 5.27. The molecule has 1 aliphatic heterocycles. The molecule has 6 heteroatoms. The van der Waals surface area contributed by atoms with Crippen LogP contribution in [0.1, 0.15) is 64.4 Å². The Morgan fingerprint density at radius 2 is 1.80 bits per heavy atom. The van der Waals surface area contributed by atoms with E-state index >= 15 is 0 Å². The van der Waals surface area contributed by atoms with Crippen LogP contribution in [0.4, 0.5) is 14.5 Å². The molecule has 0 spiro atoms. The molecule has 2 fully saturated rings. The Kier molecular flexibility index (Phi) is 9.74. The largest absolute Gasteiger partial charge is 0.495 e. The molecule has 0 unspecified atom stereocenters. The zero-order chi connectivity index (χ0) is 25.4. The first-order valence-electron chi connectivity index (χ1n) is 12.9. The zero-order valence-corrected chi connectivity index (χ0v) is 21.5. The number of methoxy groups -OCH3 is 1. The van der Waals surface area contributed by atoms with Crippen LogP contribution in [0.3, 0.4) is 0 Å². The number of halogens is 2. The highest BCUT2D eigenvalue weighted by atomic mass is 19.3. The van der Waals surface area contributed by atoms with Crippen molar-refractivity contribution < 1.29 is 18.3 Å². The third kappa shape index (κ3) is 7.80. The zero-order valence-electron chi connectivity index (χ0n) is 21.5. The van der Waals surface area contributed by atoms with E-state index in [1.54, 1.807) is 26.2 Å². The van der Waals surface area contributed by atoms with Gasteiger partial charge in [-0.3, -0.25) is 9.69 Å². The van der Waals surface area contributed by atoms with Gasteiger partial charge >= 0.3 is 0 Å². The number of ether oxygens (including phenoxy) is 1. The summed E-state index contributed by atoms with van der Waals surface area (Å²) in [6, 6.07) is 4.67. The van der Waals surface area contributed by atoms with Crippen LogP contribution in [0.5, 0.6) is 5.75 Å². The van der Waals surface area contributed by atoms with Gasteiger partial charge in [0.25, 0.3) is 5.92 Å². The summed E-state index contributed by atoms with van der Waals surface area (Å²) < 4.78 is 33.2. The molecule has 35 heavy (non-hydrogen) atoms. The van der Waals surface area contributed by atoms with Gasteiger partial charge in [0.15, 0.2) is 5.78 Å². The van der Waals surface area contributed by atoms with E-state index < -0.39 is 5.92 Å². The van der Waals surface area contributed by atoms with E-state index in [1.165, 1.54) is 38.2 Å². The van der Waals surface area contributed by atoms with Crippen molar-refractivity contribution in [1.82, 2.24) is 4.90 Å². The number of hydrogen-bond donors (Lipinski definition) is 0. The molecule has 1 heterocycles. The highest BCUT2D eigenvalue weighted by Crippen LogP contribution is 2.37. The fourth-order valence-electron chi connectivity index (χ4n) is 5.27. The molecule has 1 saturated heterocycles. The van der Waals surface area contributed by atoms with Crippen LogP contribution in [0.2, 0.25) is 0 Å². The number of hydrogen-bond acceptors (Lipinski definition) is 4. The summed E-state index contributed by atoms with van der Waals surface area (Å²) in [6.45, 7) is 11.2. The number of rotatable bonds is 10. The lowest BCUT2D eigenvalue weighted by atomic mass is 9.77. The molecule has 1 saturated carbocycles. The van der Waals surface area contributed by atoms with E-state index in [4.69, 9.17) is 4.74 Å². The van der Waals surface area contributed by atoms with Gasteiger partial charge in [-0.2, -0.15) is 0 Å². The van der Waals surface area contributed by atoms with Crippen molar-refractivity contribution >= 4 is 11.5 Å². The Labute approximate surface area is 209 Å². The number of anilines is 1. The molecule has 192 valence electrons. The number of Topliss-reactive ketones (excluding diaryl/α,β-unsaturated/α-hetero) is 1. The van der Waals surface area contributed by atoms with Gasteiger partial charge in [-0.15, -0.1) is 5.92 Å². The number of allylic oxidation sites excluding steroid dienone is 1. The van der Waals surface area contributed by atoms with Crippen molar-refractivity contribution in [3.8, 4) is 17.6 Å². The van der Waals surface area contributed by atoms with Crippen molar-refractivity contribution in [2.75, 3.05) is 44.7 Å². The third-order valence-electron chi connectivity index (χ3n) is 7.57. The Bertz CT molecular complexity index is 928. The predicted octanol–water partition coefficient (Wildman–Crippen LogP) is 6.05. The Balaban J connectivity index is 1.41. The molecule has 4 nitrogen and oxygen atoms in total. The Morgan fingerprint density at radius 3 is 2.40 bits per heavy atom. The van der Waals surface area contributed by atoms with E-state index in [1.807, 2.05) is 0 Å². The van der Waals surface area contributed by atoms with E-state index in [2.05, 4.69) is 28.2 Å². The summed E-state index contributed by atoms with van der Waals surface area (Å²) in [5.41, 5.74) is 1.51. The van der Waals surface area contributed by atoms with E-state index in [-0.39, 0.29) is 11.3 Å². The summed E-state index contributed by atoms with van der Waals surface area (Å²) in [4.78, 5) is 16.7. The average molecular weight is 487 g/mol. The molecule has 0 amide bonds. The molecule has 2 aliphatic rings. The monoisotopic (exact) mass is 486 g/mol. The first-order chi connectivity index (χ1) is 16.7. The van der Waals surface area contributed by atoms with Gasteiger partial charge in [0.05, 0.1) is 19.2 Å². The summed E-state index contributed by atoms with van der Waals surface area (Å²) in [5.74, 6) is 4.80. The van der Waals surface area contributed by atoms with E-state index in [0.29, 0.717) is 18.1 Å². The minimum atomic E-state index is -2.87. The summed E-state index contributed by atoms with van der Waals surface area (Å²) in [6.07, 6.45) is 7.07. The molecule has 0 N–H and O–H groups in total. The number of alkyl halides is 2. The number of nitrogens with zero attached hydrogens (tertiary/aromatic N) is 2. The van der Waals surface area contributed by atoms with Crippen molar-refractivity contribution in [2.24, 2.45) is 11.8 Å². The number of ketones is 1. The molecule has 1 aromatic carbocycles. The van der Waals surface area contributed by atoms with Gasteiger partial charge in [0.1, 0.15) is 5.75 Å². The lowest BCUT2D eigenvalue weighted by Crippen LogP contribution is -2.47. The minimum absolute atomic E-state index is 0.0221. The molecule has 1 aromatic rings. The van der Waals surface area contributed by atoms with Crippen molar-refractivity contribution in [3.63, 3.8) is 0 Å². The molecule has 0 radical (unpaired) electrons. The van der Waals surface area contributed by atoms with Gasteiger partial charge in [0.2, 0.25) is 0 Å². The molecule has 1 aliphatic carbocycles. The highest BCUT2D eigenvalue weighted by Gasteiger charge is 2.28. The van der Waals surface area contributed by atoms with Crippen LogP contribution in [0.15, 0.2) is 30.4 Å². The van der Waals surface area contributed by atoms with Gasteiger partial charge in [-0.1, -0.05) is 25.3 Å². The van der Waals surface area contributed by atoms with E-state index in [0.717, 1.165) is 63.2 Å². The van der Waals surface area contributed by atoms with Crippen LogP contribution in [0.25, 0.3) is 0 Å². The topological polar surface area (TPSA) is 32.8 Å². The van der Waals surface area contributed by atoms with Crippen molar-refractivity contribution in [2.45, 2.75) is 64.7 Å². The second-order valence-corrected chi connectivity index (χ2v) is 10.1. The van der Waals surface area contributed by atoms with Crippen LogP contribution in [0, 0.1) is 23.7 Å². The predicted molar refractivity (Wildman–Crippen MR) is 138 cm³/mol. The molecule has 0 bridgehead atoms. The van der Waals surface area contributed by atoms with Gasteiger partial charge in [-0.25, -0.2) is 8.78 Å². The number of benzene rings is 1. The second kappa shape index (κ2) is 12.5. The molecule has 3 rings (SSSR count). The Hall–Kier alpha value is -2.39. The highest BCUT2D eigenvalue weighted by molar-refractivity contribution is 5.96.